The number of sulfonamides is 1. The molecule has 0 aliphatic carbocycles. The van der Waals surface area contributed by atoms with Gasteiger partial charge in [-0.2, -0.15) is 4.31 Å². The van der Waals surface area contributed by atoms with Gasteiger partial charge in [0.2, 0.25) is 0 Å². The molecule has 0 N–H and O–H groups in total. The maximum absolute atomic E-state index is 12.5. The van der Waals surface area contributed by atoms with E-state index in [9.17, 15) is 8.42 Å². The van der Waals surface area contributed by atoms with Crippen LogP contribution in [0.4, 0.5) is 0 Å². The van der Waals surface area contributed by atoms with Gasteiger partial charge in [0, 0.05) is 19.0 Å². The van der Waals surface area contributed by atoms with Crippen molar-refractivity contribution in [2.75, 3.05) is 0 Å². The highest BCUT2D eigenvalue weighted by atomic mass is 35.5. The maximum atomic E-state index is 12.5. The standard InChI is InChI=1S/C13H12ClNO2S2/c14-6-10-5-13(18-9-10)19(16,17)15-7-11-3-1-2-4-12(11)8-15/h1-5,9H,6-8H2. The fraction of sp³-hybridized carbons (Fsp3) is 0.231. The van der Waals surface area contributed by atoms with Crippen LogP contribution in [0.1, 0.15) is 16.7 Å². The van der Waals surface area contributed by atoms with Crippen molar-refractivity contribution in [2.45, 2.75) is 23.2 Å². The zero-order valence-electron chi connectivity index (χ0n) is 10.0. The van der Waals surface area contributed by atoms with Crippen LogP contribution in [0, 0.1) is 0 Å². The van der Waals surface area contributed by atoms with E-state index < -0.39 is 10.0 Å². The third kappa shape index (κ3) is 2.31. The second-order valence-corrected chi connectivity index (χ2v) is 7.79. The molecule has 19 heavy (non-hydrogen) atoms. The van der Waals surface area contributed by atoms with Crippen LogP contribution in [0.3, 0.4) is 0 Å². The van der Waals surface area contributed by atoms with Crippen LogP contribution in [0.15, 0.2) is 39.9 Å². The number of benzene rings is 1. The van der Waals surface area contributed by atoms with Gasteiger partial charge in [-0.1, -0.05) is 24.3 Å². The Labute approximate surface area is 121 Å². The van der Waals surface area contributed by atoms with Crippen LogP contribution < -0.4 is 0 Å². The minimum absolute atomic E-state index is 0.340. The summed E-state index contributed by atoms with van der Waals surface area (Å²) < 4.78 is 26.9. The van der Waals surface area contributed by atoms with Gasteiger partial charge >= 0.3 is 0 Å². The van der Waals surface area contributed by atoms with E-state index in [2.05, 4.69) is 0 Å². The molecule has 2 heterocycles. The van der Waals surface area contributed by atoms with Crippen molar-refractivity contribution in [2.24, 2.45) is 0 Å². The number of fused-ring (bicyclic) bond motifs is 1. The Kier molecular flexibility index (Phi) is 3.39. The number of hydrogen-bond acceptors (Lipinski definition) is 3. The molecule has 0 radical (unpaired) electrons. The second-order valence-electron chi connectivity index (χ2n) is 4.45. The summed E-state index contributed by atoms with van der Waals surface area (Å²) in [5.41, 5.74) is 3.02. The lowest BCUT2D eigenvalue weighted by molar-refractivity contribution is 0.433. The van der Waals surface area contributed by atoms with Gasteiger partial charge in [-0.15, -0.1) is 22.9 Å². The summed E-state index contributed by atoms with van der Waals surface area (Å²) in [6, 6.07) is 9.49. The van der Waals surface area contributed by atoms with E-state index >= 15 is 0 Å². The lowest BCUT2D eigenvalue weighted by atomic mass is 10.1. The normalized spacial score (nSPS) is 15.6. The molecule has 1 aromatic carbocycles. The molecule has 100 valence electrons. The van der Waals surface area contributed by atoms with Gasteiger partial charge < -0.3 is 0 Å². The van der Waals surface area contributed by atoms with Crippen molar-refractivity contribution in [3.63, 3.8) is 0 Å². The van der Waals surface area contributed by atoms with E-state index in [1.807, 2.05) is 24.3 Å². The second kappa shape index (κ2) is 4.90. The quantitative estimate of drug-likeness (QED) is 0.816. The van der Waals surface area contributed by atoms with Gasteiger partial charge in [-0.05, 0) is 28.1 Å². The van der Waals surface area contributed by atoms with Gasteiger partial charge in [0.15, 0.2) is 0 Å². The molecule has 1 aliphatic rings. The Balaban J connectivity index is 1.91. The third-order valence-corrected chi connectivity index (χ3v) is 6.75. The first-order valence-corrected chi connectivity index (χ1v) is 8.67. The minimum atomic E-state index is -3.40. The van der Waals surface area contributed by atoms with Crippen LogP contribution in [0.2, 0.25) is 0 Å². The number of alkyl halides is 1. The lowest BCUT2D eigenvalue weighted by Gasteiger charge is -2.13. The maximum Gasteiger partial charge on any atom is 0.253 e. The van der Waals surface area contributed by atoms with Gasteiger partial charge in [0.25, 0.3) is 10.0 Å². The highest BCUT2D eigenvalue weighted by molar-refractivity contribution is 7.91. The number of thiophene rings is 1. The fourth-order valence-corrected chi connectivity index (χ4v) is 5.16. The topological polar surface area (TPSA) is 37.4 Å². The molecule has 0 amide bonds. The van der Waals surface area contributed by atoms with Crippen LogP contribution in [0.25, 0.3) is 0 Å². The zero-order chi connectivity index (χ0) is 13.5. The molecule has 0 saturated carbocycles. The van der Waals surface area contributed by atoms with Crippen LogP contribution in [-0.2, 0) is 29.0 Å². The Bertz CT molecular complexity index is 684. The summed E-state index contributed by atoms with van der Waals surface area (Å²) >= 11 is 6.95. The van der Waals surface area contributed by atoms with Gasteiger partial charge in [-0.25, -0.2) is 8.42 Å². The largest absolute Gasteiger partial charge is 0.253 e. The summed E-state index contributed by atoms with van der Waals surface area (Å²) in [5.74, 6) is 0.340. The lowest BCUT2D eigenvalue weighted by Crippen LogP contribution is -2.24. The predicted octanol–water partition coefficient (Wildman–Crippen LogP) is 3.19. The van der Waals surface area contributed by atoms with Crippen molar-refractivity contribution in [1.29, 1.82) is 0 Å². The SMILES string of the molecule is O=S(=O)(c1cc(CCl)cs1)N1Cc2ccccc2C1. The Morgan fingerprint density at radius 1 is 1.21 bits per heavy atom. The van der Waals surface area contributed by atoms with Crippen LogP contribution >= 0.6 is 22.9 Å². The first-order valence-electron chi connectivity index (χ1n) is 5.81. The van der Waals surface area contributed by atoms with Crippen molar-refractivity contribution < 1.29 is 8.42 Å². The summed E-state index contributed by atoms with van der Waals surface area (Å²) in [5, 5.41) is 1.79. The van der Waals surface area contributed by atoms with Gasteiger partial charge in [0.1, 0.15) is 4.21 Å². The highest BCUT2D eigenvalue weighted by Gasteiger charge is 2.31. The van der Waals surface area contributed by atoms with E-state index in [4.69, 9.17) is 11.6 Å². The average Bonchev–Trinajstić information content (AvgIpc) is 3.05. The average molecular weight is 314 g/mol. The van der Waals surface area contributed by atoms with Crippen LogP contribution in [0.5, 0.6) is 0 Å². The van der Waals surface area contributed by atoms with Gasteiger partial charge in [0.05, 0.1) is 0 Å². The number of hydrogen-bond donors (Lipinski definition) is 0. The Morgan fingerprint density at radius 3 is 2.37 bits per heavy atom. The van der Waals surface area contributed by atoms with Crippen molar-refractivity contribution >= 4 is 33.0 Å². The van der Waals surface area contributed by atoms with E-state index in [-0.39, 0.29) is 0 Å². The highest BCUT2D eigenvalue weighted by Crippen LogP contribution is 2.31. The molecule has 0 bridgehead atoms. The molecular weight excluding hydrogens is 302 g/mol. The third-order valence-electron chi connectivity index (χ3n) is 3.19. The first kappa shape index (κ1) is 13.1. The van der Waals surface area contributed by atoms with E-state index in [0.29, 0.717) is 23.2 Å². The minimum Gasteiger partial charge on any atom is -0.206 e. The first-order chi connectivity index (χ1) is 9.11. The molecule has 6 heteroatoms. The zero-order valence-corrected chi connectivity index (χ0v) is 12.4. The van der Waals surface area contributed by atoms with Gasteiger partial charge in [-0.3, -0.25) is 0 Å². The monoisotopic (exact) mass is 313 g/mol. The van der Waals surface area contributed by atoms with E-state index in [0.717, 1.165) is 16.7 Å². The summed E-state index contributed by atoms with van der Waals surface area (Å²) in [7, 11) is -3.40. The van der Waals surface area contributed by atoms with E-state index in [1.54, 1.807) is 11.4 Å². The number of nitrogens with zero attached hydrogens (tertiary/aromatic N) is 1. The van der Waals surface area contributed by atoms with Crippen LogP contribution in [-0.4, -0.2) is 12.7 Å². The Morgan fingerprint density at radius 2 is 1.84 bits per heavy atom. The molecule has 1 aromatic heterocycles. The summed E-state index contributed by atoms with van der Waals surface area (Å²) in [4.78, 5) is 0. The summed E-state index contributed by atoms with van der Waals surface area (Å²) in [6.07, 6.45) is 0. The molecular formula is C13H12ClNO2S2. The molecule has 1 aliphatic heterocycles. The van der Waals surface area contributed by atoms with Crippen molar-refractivity contribution in [1.82, 2.24) is 4.31 Å². The fourth-order valence-electron chi connectivity index (χ4n) is 2.16. The number of halogens is 1. The molecule has 0 unspecified atom stereocenters. The van der Waals surface area contributed by atoms with E-state index in [1.165, 1.54) is 15.6 Å². The molecule has 0 atom stereocenters. The molecule has 0 fully saturated rings. The Hall–Kier alpha value is -0.880. The molecule has 2 aromatic rings. The number of rotatable bonds is 3. The molecule has 0 spiro atoms. The van der Waals surface area contributed by atoms with Crippen molar-refractivity contribution in [3.8, 4) is 0 Å². The predicted molar refractivity (Wildman–Crippen MR) is 76.8 cm³/mol. The molecule has 3 rings (SSSR count). The smallest absolute Gasteiger partial charge is 0.206 e. The molecule has 0 saturated heterocycles. The van der Waals surface area contributed by atoms with Crippen molar-refractivity contribution in [3.05, 3.63) is 52.4 Å². The summed E-state index contributed by atoms with van der Waals surface area (Å²) in [6.45, 7) is 0.902. The molecule has 3 nitrogen and oxygen atoms in total.